The fourth-order valence-electron chi connectivity index (χ4n) is 1.36. The molecule has 2 N–H and O–H groups in total. The summed E-state index contributed by atoms with van der Waals surface area (Å²) in [5.41, 5.74) is -0.166. The summed E-state index contributed by atoms with van der Waals surface area (Å²) < 4.78 is 4.81. The predicted molar refractivity (Wildman–Crippen MR) is 58.8 cm³/mol. The molecule has 0 bridgehead atoms. The molecule has 0 aliphatic carbocycles. The molecular weight excluding hydrogens is 226 g/mol. The Labute approximate surface area is 97.9 Å². The van der Waals surface area contributed by atoms with Gasteiger partial charge in [0.25, 0.3) is 0 Å². The number of nitrogens with zero attached hydrogens (tertiary/aromatic N) is 1. The largest absolute Gasteiger partial charge is 0.493 e. The summed E-state index contributed by atoms with van der Waals surface area (Å²) in [5.74, 6) is -2.85. The molecule has 0 unspecified atom stereocenters. The molecule has 92 valence electrons. The minimum absolute atomic E-state index is 0.0721. The molecule has 0 amide bonds. The van der Waals surface area contributed by atoms with Crippen LogP contribution in [0.15, 0.2) is 6.07 Å². The smallest absolute Gasteiger partial charge is 0.358 e. The molecule has 17 heavy (non-hydrogen) atoms. The molecule has 0 spiro atoms. The van der Waals surface area contributed by atoms with Crippen molar-refractivity contribution in [1.82, 2.24) is 4.98 Å². The van der Waals surface area contributed by atoms with Gasteiger partial charge in [0, 0.05) is 5.69 Å². The molecule has 6 heteroatoms. The normalized spacial score (nSPS) is 10.4. The van der Waals surface area contributed by atoms with Gasteiger partial charge in [-0.05, 0) is 12.0 Å². The summed E-state index contributed by atoms with van der Waals surface area (Å²) in [6.07, 6.45) is 0. The number of pyridine rings is 1. The zero-order valence-electron chi connectivity index (χ0n) is 9.72. The van der Waals surface area contributed by atoms with Crippen LogP contribution in [-0.4, -0.2) is 34.2 Å². The van der Waals surface area contributed by atoms with E-state index in [2.05, 4.69) is 4.98 Å². The second-order valence-corrected chi connectivity index (χ2v) is 3.74. The maximum absolute atomic E-state index is 11.0. The second-order valence-electron chi connectivity index (χ2n) is 3.74. The molecule has 0 radical (unpaired) electrons. The first-order valence-electron chi connectivity index (χ1n) is 4.94. The standard InChI is InChI=1S/C11H13NO5/c1-5(2)7-4-6(10(13)14)9(17-3)8(12-7)11(15)16/h4-5H,1-3H3,(H,13,14)(H,15,16). The van der Waals surface area contributed by atoms with Gasteiger partial charge in [0.2, 0.25) is 0 Å². The van der Waals surface area contributed by atoms with Gasteiger partial charge in [-0.25, -0.2) is 14.6 Å². The number of aromatic nitrogens is 1. The highest BCUT2D eigenvalue weighted by Gasteiger charge is 2.23. The van der Waals surface area contributed by atoms with Crippen LogP contribution in [0.2, 0.25) is 0 Å². The number of carbonyl (C=O) groups is 2. The first-order chi connectivity index (χ1) is 7.88. The van der Waals surface area contributed by atoms with E-state index < -0.39 is 11.9 Å². The number of carboxylic acid groups (broad SMARTS) is 2. The van der Waals surface area contributed by atoms with E-state index in [1.54, 1.807) is 13.8 Å². The van der Waals surface area contributed by atoms with Crippen LogP contribution >= 0.6 is 0 Å². The summed E-state index contributed by atoms with van der Waals surface area (Å²) >= 11 is 0. The fourth-order valence-corrected chi connectivity index (χ4v) is 1.36. The van der Waals surface area contributed by atoms with Gasteiger partial charge in [0.15, 0.2) is 11.4 Å². The van der Waals surface area contributed by atoms with Crippen LogP contribution < -0.4 is 4.74 Å². The number of methoxy groups -OCH3 is 1. The zero-order chi connectivity index (χ0) is 13.2. The number of ether oxygens (including phenoxy) is 1. The monoisotopic (exact) mass is 239 g/mol. The second kappa shape index (κ2) is 4.82. The Kier molecular flexibility index (Phi) is 3.67. The molecule has 0 aliphatic rings. The summed E-state index contributed by atoms with van der Waals surface area (Å²) in [6, 6.07) is 1.33. The highest BCUT2D eigenvalue weighted by atomic mass is 16.5. The van der Waals surface area contributed by atoms with Crippen molar-refractivity contribution in [2.75, 3.05) is 7.11 Å². The van der Waals surface area contributed by atoms with Crippen LogP contribution in [0.5, 0.6) is 5.75 Å². The Morgan fingerprint density at radius 1 is 1.29 bits per heavy atom. The summed E-state index contributed by atoms with van der Waals surface area (Å²) in [6.45, 7) is 3.60. The van der Waals surface area contributed by atoms with Crippen LogP contribution in [0.4, 0.5) is 0 Å². The lowest BCUT2D eigenvalue weighted by atomic mass is 10.1. The lowest BCUT2D eigenvalue weighted by Crippen LogP contribution is -2.12. The van der Waals surface area contributed by atoms with Crippen molar-refractivity contribution in [3.05, 3.63) is 23.0 Å². The van der Waals surface area contributed by atoms with E-state index in [0.717, 1.165) is 0 Å². The van der Waals surface area contributed by atoms with E-state index in [0.29, 0.717) is 5.69 Å². The molecule has 1 rings (SSSR count). The Morgan fingerprint density at radius 3 is 2.24 bits per heavy atom. The van der Waals surface area contributed by atoms with E-state index >= 15 is 0 Å². The molecule has 0 saturated heterocycles. The lowest BCUT2D eigenvalue weighted by Gasteiger charge is -2.12. The molecule has 0 saturated carbocycles. The number of hydrogen-bond donors (Lipinski definition) is 2. The van der Waals surface area contributed by atoms with E-state index in [1.807, 2.05) is 0 Å². The molecule has 1 aromatic heterocycles. The van der Waals surface area contributed by atoms with E-state index in [1.165, 1.54) is 13.2 Å². The van der Waals surface area contributed by atoms with Crippen molar-refractivity contribution in [2.45, 2.75) is 19.8 Å². The third kappa shape index (κ3) is 2.52. The number of aromatic carboxylic acids is 2. The third-order valence-corrected chi connectivity index (χ3v) is 2.22. The topological polar surface area (TPSA) is 96.7 Å². The van der Waals surface area contributed by atoms with Gasteiger partial charge in [-0.1, -0.05) is 13.8 Å². The first-order valence-corrected chi connectivity index (χ1v) is 4.94. The molecule has 1 heterocycles. The van der Waals surface area contributed by atoms with E-state index in [-0.39, 0.29) is 22.9 Å². The molecule has 0 fully saturated rings. The highest BCUT2D eigenvalue weighted by molar-refractivity contribution is 5.97. The SMILES string of the molecule is COc1c(C(=O)O)cc(C(C)C)nc1C(=O)O. The van der Waals surface area contributed by atoms with Gasteiger partial charge in [0.1, 0.15) is 5.56 Å². The Bertz CT molecular complexity index is 432. The molecule has 0 atom stereocenters. The van der Waals surface area contributed by atoms with E-state index in [9.17, 15) is 9.59 Å². The zero-order valence-corrected chi connectivity index (χ0v) is 9.72. The third-order valence-electron chi connectivity index (χ3n) is 2.22. The van der Waals surface area contributed by atoms with Crippen molar-refractivity contribution < 1.29 is 24.5 Å². The maximum atomic E-state index is 11.0. The summed E-state index contributed by atoms with van der Waals surface area (Å²) in [7, 11) is 1.21. The molecule has 1 aromatic rings. The van der Waals surface area contributed by atoms with Crippen molar-refractivity contribution in [1.29, 1.82) is 0 Å². The Balaban J connectivity index is 3.57. The average Bonchev–Trinajstić information content (AvgIpc) is 2.26. The number of carboxylic acids is 2. The maximum Gasteiger partial charge on any atom is 0.358 e. The van der Waals surface area contributed by atoms with Crippen LogP contribution in [-0.2, 0) is 0 Å². The molecular formula is C11H13NO5. The van der Waals surface area contributed by atoms with Crippen molar-refractivity contribution >= 4 is 11.9 Å². The van der Waals surface area contributed by atoms with Gasteiger partial charge >= 0.3 is 11.9 Å². The summed E-state index contributed by atoms with van der Waals surface area (Å²) in [5, 5.41) is 18.0. The minimum atomic E-state index is -1.31. The highest BCUT2D eigenvalue weighted by Crippen LogP contribution is 2.26. The summed E-state index contributed by atoms with van der Waals surface area (Å²) in [4.78, 5) is 25.9. The minimum Gasteiger partial charge on any atom is -0.493 e. The number of rotatable bonds is 4. The average molecular weight is 239 g/mol. The van der Waals surface area contributed by atoms with Gasteiger partial charge in [-0.3, -0.25) is 0 Å². The van der Waals surface area contributed by atoms with Crippen LogP contribution in [0.1, 0.15) is 46.3 Å². The molecule has 0 aliphatic heterocycles. The van der Waals surface area contributed by atoms with Crippen molar-refractivity contribution in [3.63, 3.8) is 0 Å². The van der Waals surface area contributed by atoms with Crippen LogP contribution in [0.3, 0.4) is 0 Å². The van der Waals surface area contributed by atoms with Gasteiger partial charge in [-0.2, -0.15) is 0 Å². The molecule has 6 nitrogen and oxygen atoms in total. The first kappa shape index (κ1) is 13.0. The number of hydrogen-bond acceptors (Lipinski definition) is 4. The van der Waals surface area contributed by atoms with E-state index in [4.69, 9.17) is 14.9 Å². The Hall–Kier alpha value is -2.11. The quantitative estimate of drug-likeness (QED) is 0.828. The van der Waals surface area contributed by atoms with Gasteiger partial charge < -0.3 is 14.9 Å². The predicted octanol–water partition coefficient (Wildman–Crippen LogP) is 1.61. The van der Waals surface area contributed by atoms with Gasteiger partial charge in [-0.15, -0.1) is 0 Å². The Morgan fingerprint density at radius 2 is 1.88 bits per heavy atom. The van der Waals surface area contributed by atoms with Crippen molar-refractivity contribution in [2.24, 2.45) is 0 Å². The molecule has 0 aromatic carbocycles. The fraction of sp³-hybridized carbons (Fsp3) is 0.364. The van der Waals surface area contributed by atoms with Gasteiger partial charge in [0.05, 0.1) is 7.11 Å². The van der Waals surface area contributed by atoms with Crippen molar-refractivity contribution in [3.8, 4) is 5.75 Å². The van der Waals surface area contributed by atoms with Crippen LogP contribution in [0.25, 0.3) is 0 Å². The lowest BCUT2D eigenvalue weighted by molar-refractivity contribution is 0.0684. The van der Waals surface area contributed by atoms with Crippen LogP contribution in [0, 0.1) is 0 Å².